The molecule has 2 amide bonds. The Balaban J connectivity index is 2.00. The molecule has 0 saturated heterocycles. The summed E-state index contributed by atoms with van der Waals surface area (Å²) in [7, 11) is 0. The predicted octanol–water partition coefficient (Wildman–Crippen LogP) is 0.862. The van der Waals surface area contributed by atoms with Crippen LogP contribution in [0.15, 0.2) is 47.7 Å². The van der Waals surface area contributed by atoms with Gasteiger partial charge in [-0.1, -0.05) is 18.2 Å². The molecule has 7 heteroatoms. The third-order valence-corrected chi connectivity index (χ3v) is 4.49. The number of nitrogens with one attached hydrogen (secondary N) is 1. The number of hydrogen-bond donors (Lipinski definition) is 3. The molecule has 0 unspecified atom stereocenters. The van der Waals surface area contributed by atoms with Gasteiger partial charge in [-0.15, -0.1) is 0 Å². The summed E-state index contributed by atoms with van der Waals surface area (Å²) in [6.07, 6.45) is 5.11. The van der Waals surface area contributed by atoms with Crippen LogP contribution in [0.1, 0.15) is 12.8 Å². The van der Waals surface area contributed by atoms with E-state index < -0.39 is 0 Å². The van der Waals surface area contributed by atoms with Gasteiger partial charge in [0.15, 0.2) is 0 Å². The SMILES string of the molecule is O=C1Nc2ccccc2N(C(=O)CN(CCO)CCO)C2=C1CCC=C2. The average molecular weight is 357 g/mol. The number of fused-ring (bicyclic) bond motifs is 1. The number of carbonyl (C=O) groups is 2. The van der Waals surface area contributed by atoms with Crippen LogP contribution >= 0.6 is 0 Å². The van der Waals surface area contributed by atoms with Crippen LogP contribution < -0.4 is 10.2 Å². The van der Waals surface area contributed by atoms with Gasteiger partial charge in [-0.2, -0.15) is 0 Å². The number of para-hydroxylation sites is 2. The van der Waals surface area contributed by atoms with Crippen molar-refractivity contribution in [1.29, 1.82) is 0 Å². The quantitative estimate of drug-likeness (QED) is 0.702. The van der Waals surface area contributed by atoms with Crippen molar-refractivity contribution in [3.63, 3.8) is 0 Å². The molecule has 0 fully saturated rings. The second-order valence-electron chi connectivity index (χ2n) is 6.23. The number of carbonyl (C=O) groups excluding carboxylic acids is 2. The lowest BCUT2D eigenvalue weighted by Crippen LogP contribution is -2.42. The first kappa shape index (κ1) is 18.3. The van der Waals surface area contributed by atoms with Gasteiger partial charge >= 0.3 is 0 Å². The van der Waals surface area contributed by atoms with Gasteiger partial charge in [0.25, 0.3) is 5.91 Å². The highest BCUT2D eigenvalue weighted by Crippen LogP contribution is 2.36. The van der Waals surface area contributed by atoms with Gasteiger partial charge in [-0.25, -0.2) is 0 Å². The molecular weight excluding hydrogens is 334 g/mol. The summed E-state index contributed by atoms with van der Waals surface area (Å²) >= 11 is 0. The Morgan fingerprint density at radius 2 is 1.92 bits per heavy atom. The van der Waals surface area contributed by atoms with E-state index in [1.54, 1.807) is 21.9 Å². The number of benzene rings is 1. The van der Waals surface area contributed by atoms with Gasteiger partial charge in [-0.3, -0.25) is 19.4 Å². The topological polar surface area (TPSA) is 93.1 Å². The minimum atomic E-state index is -0.213. The van der Waals surface area contributed by atoms with E-state index in [0.29, 0.717) is 42.2 Å². The summed E-state index contributed by atoms with van der Waals surface area (Å²) in [6.45, 7) is 0.422. The molecule has 0 bridgehead atoms. The summed E-state index contributed by atoms with van der Waals surface area (Å²) in [6, 6.07) is 7.21. The fourth-order valence-corrected chi connectivity index (χ4v) is 3.28. The normalized spacial score (nSPS) is 16.3. The fourth-order valence-electron chi connectivity index (χ4n) is 3.28. The summed E-state index contributed by atoms with van der Waals surface area (Å²) in [4.78, 5) is 29.0. The van der Waals surface area contributed by atoms with Crippen LogP contribution in [0.25, 0.3) is 0 Å². The van der Waals surface area contributed by atoms with Crippen LogP contribution in [0.5, 0.6) is 0 Å². The van der Waals surface area contributed by atoms with Crippen LogP contribution in [0.4, 0.5) is 11.4 Å². The third-order valence-electron chi connectivity index (χ3n) is 4.49. The second-order valence-corrected chi connectivity index (χ2v) is 6.23. The zero-order chi connectivity index (χ0) is 18.5. The van der Waals surface area contributed by atoms with Crippen molar-refractivity contribution >= 4 is 23.2 Å². The highest BCUT2D eigenvalue weighted by molar-refractivity contribution is 6.13. The highest BCUT2D eigenvalue weighted by atomic mass is 16.3. The van der Waals surface area contributed by atoms with E-state index in [0.717, 1.165) is 6.42 Å². The molecule has 0 atom stereocenters. The van der Waals surface area contributed by atoms with E-state index in [2.05, 4.69) is 5.32 Å². The molecule has 1 heterocycles. The Morgan fingerprint density at radius 3 is 2.65 bits per heavy atom. The van der Waals surface area contributed by atoms with Crippen molar-refractivity contribution in [2.24, 2.45) is 0 Å². The molecule has 2 aliphatic rings. The molecule has 0 spiro atoms. The highest BCUT2D eigenvalue weighted by Gasteiger charge is 2.31. The number of aliphatic hydroxyl groups is 2. The maximum atomic E-state index is 13.1. The van der Waals surface area contributed by atoms with E-state index in [9.17, 15) is 19.8 Å². The molecule has 3 rings (SSSR count). The molecule has 1 aromatic carbocycles. The van der Waals surface area contributed by atoms with E-state index in [1.807, 2.05) is 24.3 Å². The number of allylic oxidation sites excluding steroid dienone is 2. The van der Waals surface area contributed by atoms with Crippen molar-refractivity contribution in [2.75, 3.05) is 43.1 Å². The van der Waals surface area contributed by atoms with E-state index in [-0.39, 0.29) is 31.6 Å². The third kappa shape index (κ3) is 3.70. The minimum Gasteiger partial charge on any atom is -0.395 e. The van der Waals surface area contributed by atoms with Crippen LogP contribution in [0.2, 0.25) is 0 Å². The van der Waals surface area contributed by atoms with Crippen molar-refractivity contribution in [2.45, 2.75) is 12.8 Å². The Kier molecular flexibility index (Phi) is 5.82. The van der Waals surface area contributed by atoms with Crippen LogP contribution in [0.3, 0.4) is 0 Å². The molecule has 0 saturated carbocycles. The summed E-state index contributed by atoms with van der Waals surface area (Å²) in [5.41, 5.74) is 2.39. The van der Waals surface area contributed by atoms with Gasteiger partial charge in [0.05, 0.1) is 36.8 Å². The number of anilines is 2. The number of amides is 2. The van der Waals surface area contributed by atoms with Crippen LogP contribution in [-0.2, 0) is 9.59 Å². The Labute approximate surface area is 152 Å². The first-order valence-electron chi connectivity index (χ1n) is 8.72. The molecule has 0 aromatic heterocycles. The molecule has 0 radical (unpaired) electrons. The number of rotatable bonds is 6. The largest absolute Gasteiger partial charge is 0.395 e. The van der Waals surface area contributed by atoms with Gasteiger partial charge in [-0.05, 0) is 31.1 Å². The first-order chi connectivity index (χ1) is 12.7. The predicted molar refractivity (Wildman–Crippen MR) is 98.6 cm³/mol. The number of nitrogens with zero attached hydrogens (tertiary/aromatic N) is 2. The smallest absolute Gasteiger partial charge is 0.253 e. The molecule has 1 aromatic rings. The van der Waals surface area contributed by atoms with Crippen LogP contribution in [0, 0.1) is 0 Å². The lowest BCUT2D eigenvalue weighted by Gasteiger charge is -2.29. The number of aliphatic hydroxyl groups excluding tert-OH is 2. The maximum Gasteiger partial charge on any atom is 0.253 e. The molecule has 138 valence electrons. The van der Waals surface area contributed by atoms with Gasteiger partial charge in [0, 0.05) is 18.7 Å². The van der Waals surface area contributed by atoms with Crippen LogP contribution in [-0.4, -0.2) is 59.8 Å². The Morgan fingerprint density at radius 1 is 1.19 bits per heavy atom. The van der Waals surface area contributed by atoms with Crippen molar-refractivity contribution in [3.05, 3.63) is 47.7 Å². The molecule has 1 aliphatic heterocycles. The summed E-state index contributed by atoms with van der Waals surface area (Å²) < 4.78 is 0. The summed E-state index contributed by atoms with van der Waals surface area (Å²) in [5.74, 6) is -0.399. The van der Waals surface area contributed by atoms with Gasteiger partial charge in [0.1, 0.15) is 0 Å². The second kappa shape index (κ2) is 8.27. The van der Waals surface area contributed by atoms with Crippen molar-refractivity contribution in [1.82, 2.24) is 4.90 Å². The van der Waals surface area contributed by atoms with Gasteiger partial charge < -0.3 is 15.5 Å². The minimum absolute atomic E-state index is 0.0360. The molecule has 7 nitrogen and oxygen atoms in total. The Bertz CT molecular complexity index is 751. The molecule has 26 heavy (non-hydrogen) atoms. The first-order valence-corrected chi connectivity index (χ1v) is 8.72. The molecule has 3 N–H and O–H groups in total. The molecule has 1 aliphatic carbocycles. The zero-order valence-corrected chi connectivity index (χ0v) is 14.5. The van der Waals surface area contributed by atoms with Crippen molar-refractivity contribution in [3.8, 4) is 0 Å². The monoisotopic (exact) mass is 357 g/mol. The van der Waals surface area contributed by atoms with E-state index >= 15 is 0 Å². The average Bonchev–Trinajstić information content (AvgIpc) is 2.76. The number of hydrogen-bond acceptors (Lipinski definition) is 5. The maximum absolute atomic E-state index is 13.1. The Hall–Kier alpha value is -2.48. The fraction of sp³-hybridized carbons (Fsp3) is 0.368. The zero-order valence-electron chi connectivity index (χ0n) is 14.5. The lowest BCUT2D eigenvalue weighted by atomic mass is 10.0. The van der Waals surface area contributed by atoms with Gasteiger partial charge in [0.2, 0.25) is 5.91 Å². The van der Waals surface area contributed by atoms with E-state index in [1.165, 1.54) is 0 Å². The van der Waals surface area contributed by atoms with Crippen molar-refractivity contribution < 1.29 is 19.8 Å². The standard InChI is InChI=1S/C19H23N3O4/c23-11-9-21(10-12-24)13-18(25)22-16-7-3-1-5-14(16)19(26)20-15-6-2-4-8-17(15)22/h2-4,6-8,23-24H,1,5,9-13H2,(H,20,26). The van der Waals surface area contributed by atoms with E-state index in [4.69, 9.17) is 0 Å². The lowest BCUT2D eigenvalue weighted by molar-refractivity contribution is -0.119. The summed E-state index contributed by atoms with van der Waals surface area (Å²) in [5, 5.41) is 21.3. The molecular formula is C19H23N3O4.